The van der Waals surface area contributed by atoms with Gasteiger partial charge in [-0.25, -0.2) is 0 Å². The lowest BCUT2D eigenvalue weighted by Crippen LogP contribution is -2.53. The van der Waals surface area contributed by atoms with Crippen LogP contribution in [-0.4, -0.2) is 49.3 Å². The molecule has 0 amide bonds. The number of rotatable bonds is 4. The van der Waals surface area contributed by atoms with E-state index >= 15 is 0 Å². The molecule has 2 aliphatic heterocycles. The third-order valence-electron chi connectivity index (χ3n) is 4.97. The summed E-state index contributed by atoms with van der Waals surface area (Å²) in [6.07, 6.45) is 8.04. The molecular weight excluding hydrogens is 224 g/mol. The van der Waals surface area contributed by atoms with Crippen molar-refractivity contribution < 1.29 is 4.74 Å². The van der Waals surface area contributed by atoms with E-state index in [0.717, 1.165) is 12.6 Å². The highest BCUT2D eigenvalue weighted by Gasteiger charge is 2.33. The predicted molar refractivity (Wildman–Crippen MR) is 75.9 cm³/mol. The Balaban J connectivity index is 1.82. The van der Waals surface area contributed by atoms with Crippen molar-refractivity contribution in [1.29, 1.82) is 0 Å². The first kappa shape index (κ1) is 14.3. The lowest BCUT2D eigenvalue weighted by atomic mass is 9.87. The number of piperidine rings is 1. The largest absolute Gasteiger partial charge is 0.378 e. The molecule has 2 fully saturated rings. The van der Waals surface area contributed by atoms with Crippen LogP contribution in [0.3, 0.4) is 0 Å². The molecule has 18 heavy (non-hydrogen) atoms. The van der Waals surface area contributed by atoms with E-state index in [-0.39, 0.29) is 0 Å². The summed E-state index contributed by atoms with van der Waals surface area (Å²) in [6, 6.07) is 0.775. The van der Waals surface area contributed by atoms with Crippen LogP contribution >= 0.6 is 0 Å². The van der Waals surface area contributed by atoms with Crippen LogP contribution < -0.4 is 5.32 Å². The van der Waals surface area contributed by atoms with Crippen molar-refractivity contribution in [3.05, 3.63) is 0 Å². The Morgan fingerprint density at radius 2 is 2.06 bits per heavy atom. The van der Waals surface area contributed by atoms with Crippen LogP contribution in [0.15, 0.2) is 0 Å². The zero-order chi connectivity index (χ0) is 13.0. The van der Waals surface area contributed by atoms with Gasteiger partial charge in [-0.15, -0.1) is 0 Å². The van der Waals surface area contributed by atoms with Crippen molar-refractivity contribution in [2.24, 2.45) is 0 Å². The van der Waals surface area contributed by atoms with Crippen molar-refractivity contribution in [1.82, 2.24) is 10.2 Å². The van der Waals surface area contributed by atoms with Gasteiger partial charge in [0.05, 0.1) is 6.10 Å². The fraction of sp³-hybridized carbons (Fsp3) is 1.00. The molecule has 3 nitrogen and oxygen atoms in total. The average Bonchev–Trinajstić information content (AvgIpc) is 2.40. The minimum Gasteiger partial charge on any atom is -0.378 e. The normalized spacial score (nSPS) is 33.5. The first-order valence-corrected chi connectivity index (χ1v) is 7.71. The summed E-state index contributed by atoms with van der Waals surface area (Å²) < 4.78 is 5.86. The summed E-state index contributed by atoms with van der Waals surface area (Å²) in [5.41, 5.74) is 0.366. The fourth-order valence-electron chi connectivity index (χ4n) is 3.35. The van der Waals surface area contributed by atoms with E-state index < -0.39 is 0 Å². The van der Waals surface area contributed by atoms with Crippen molar-refractivity contribution in [3.63, 3.8) is 0 Å². The highest BCUT2D eigenvalue weighted by Crippen LogP contribution is 2.28. The Morgan fingerprint density at radius 1 is 1.33 bits per heavy atom. The molecule has 0 spiro atoms. The van der Waals surface area contributed by atoms with Gasteiger partial charge >= 0.3 is 0 Å². The molecule has 106 valence electrons. The Bertz CT molecular complexity index is 247. The molecule has 0 radical (unpaired) electrons. The lowest BCUT2D eigenvalue weighted by Gasteiger charge is -2.44. The van der Waals surface area contributed by atoms with Crippen LogP contribution in [0.1, 0.15) is 52.4 Å². The van der Waals surface area contributed by atoms with E-state index in [1.165, 1.54) is 51.6 Å². The molecule has 1 N–H and O–H groups in total. The quantitative estimate of drug-likeness (QED) is 0.834. The molecule has 0 aromatic carbocycles. The smallest absolute Gasteiger partial charge is 0.0590 e. The summed E-state index contributed by atoms with van der Waals surface area (Å²) in [6.45, 7) is 8.08. The maximum Gasteiger partial charge on any atom is 0.0590 e. The average molecular weight is 254 g/mol. The molecular formula is C15H30N2O. The summed E-state index contributed by atoms with van der Waals surface area (Å²) in [7, 11) is 2.10. The van der Waals surface area contributed by atoms with Gasteiger partial charge in [0.1, 0.15) is 0 Å². The zero-order valence-corrected chi connectivity index (χ0v) is 12.4. The molecule has 2 heterocycles. The van der Waals surface area contributed by atoms with Gasteiger partial charge in [0, 0.05) is 31.3 Å². The van der Waals surface area contributed by atoms with E-state index in [9.17, 15) is 0 Å². The topological polar surface area (TPSA) is 24.5 Å². The maximum absolute atomic E-state index is 5.86. The summed E-state index contributed by atoms with van der Waals surface area (Å²) in [4.78, 5) is 2.71. The first-order valence-electron chi connectivity index (χ1n) is 7.71. The first-order chi connectivity index (χ1) is 8.67. The van der Waals surface area contributed by atoms with Gasteiger partial charge in [-0.2, -0.15) is 0 Å². The van der Waals surface area contributed by atoms with Crippen LogP contribution in [0, 0.1) is 0 Å². The van der Waals surface area contributed by atoms with E-state index in [1.54, 1.807) is 0 Å². The summed E-state index contributed by atoms with van der Waals surface area (Å²) in [5, 5.41) is 3.48. The highest BCUT2D eigenvalue weighted by molar-refractivity contribution is 4.91. The molecule has 0 aliphatic carbocycles. The van der Waals surface area contributed by atoms with Gasteiger partial charge in [0.2, 0.25) is 0 Å². The summed E-state index contributed by atoms with van der Waals surface area (Å²) in [5.74, 6) is 0. The van der Waals surface area contributed by atoms with Gasteiger partial charge in [0.15, 0.2) is 0 Å². The van der Waals surface area contributed by atoms with Crippen LogP contribution in [0.2, 0.25) is 0 Å². The third kappa shape index (κ3) is 3.46. The molecule has 2 rings (SSSR count). The van der Waals surface area contributed by atoms with Gasteiger partial charge in [-0.05, 0) is 46.1 Å². The van der Waals surface area contributed by atoms with Gasteiger partial charge in [-0.1, -0.05) is 13.3 Å². The van der Waals surface area contributed by atoms with Crippen molar-refractivity contribution in [2.75, 3.05) is 26.7 Å². The van der Waals surface area contributed by atoms with Crippen molar-refractivity contribution >= 4 is 0 Å². The number of ether oxygens (including phenoxy) is 1. The van der Waals surface area contributed by atoms with E-state index in [1.807, 2.05) is 0 Å². The zero-order valence-electron chi connectivity index (χ0n) is 12.4. The predicted octanol–water partition coefficient (Wildman–Crippen LogP) is 2.41. The van der Waals surface area contributed by atoms with Crippen LogP contribution in [-0.2, 0) is 4.74 Å². The number of likely N-dealkylation sites (tertiary alicyclic amines) is 1. The van der Waals surface area contributed by atoms with E-state index in [0.29, 0.717) is 11.6 Å². The number of nitrogens with zero attached hydrogens (tertiary/aromatic N) is 1. The van der Waals surface area contributed by atoms with Crippen LogP contribution in [0.5, 0.6) is 0 Å². The second kappa shape index (κ2) is 6.36. The van der Waals surface area contributed by atoms with Crippen molar-refractivity contribution in [3.8, 4) is 0 Å². The second-order valence-electron chi connectivity index (χ2n) is 6.31. The van der Waals surface area contributed by atoms with E-state index in [4.69, 9.17) is 4.74 Å². The molecule has 0 bridgehead atoms. The SMILES string of the molecule is CCCC1CC(N2CCC(C)(NC)CC2)CCO1. The van der Waals surface area contributed by atoms with Crippen LogP contribution in [0.25, 0.3) is 0 Å². The number of nitrogens with one attached hydrogen (secondary N) is 1. The number of hydrogen-bond donors (Lipinski definition) is 1. The molecule has 0 aromatic rings. The maximum atomic E-state index is 5.86. The van der Waals surface area contributed by atoms with E-state index in [2.05, 4.69) is 31.1 Å². The van der Waals surface area contributed by atoms with Gasteiger partial charge < -0.3 is 15.0 Å². The van der Waals surface area contributed by atoms with Gasteiger partial charge in [-0.3, -0.25) is 0 Å². The Morgan fingerprint density at radius 3 is 2.67 bits per heavy atom. The molecule has 2 saturated heterocycles. The standard InChI is InChI=1S/C15H30N2O/c1-4-5-14-12-13(6-11-18-14)17-9-7-15(2,16-3)8-10-17/h13-14,16H,4-12H2,1-3H3. The monoisotopic (exact) mass is 254 g/mol. The Kier molecular flexibility index (Phi) is 5.05. The highest BCUT2D eigenvalue weighted by atomic mass is 16.5. The molecule has 0 aromatic heterocycles. The lowest BCUT2D eigenvalue weighted by molar-refractivity contribution is -0.0386. The number of hydrogen-bond acceptors (Lipinski definition) is 3. The molecule has 2 aliphatic rings. The van der Waals surface area contributed by atoms with Gasteiger partial charge in [0.25, 0.3) is 0 Å². The Hall–Kier alpha value is -0.120. The fourth-order valence-corrected chi connectivity index (χ4v) is 3.35. The minimum absolute atomic E-state index is 0.366. The van der Waals surface area contributed by atoms with Crippen molar-refractivity contribution in [2.45, 2.75) is 70.1 Å². The third-order valence-corrected chi connectivity index (χ3v) is 4.97. The van der Waals surface area contributed by atoms with Crippen LogP contribution in [0.4, 0.5) is 0 Å². The molecule has 0 saturated carbocycles. The summed E-state index contributed by atoms with van der Waals surface area (Å²) >= 11 is 0. The minimum atomic E-state index is 0.366. The molecule has 2 atom stereocenters. The second-order valence-corrected chi connectivity index (χ2v) is 6.31. The Labute approximate surface area is 112 Å². The molecule has 2 unspecified atom stereocenters. The molecule has 3 heteroatoms.